The van der Waals surface area contributed by atoms with Crippen molar-refractivity contribution in [2.75, 3.05) is 12.3 Å². The molecule has 0 radical (unpaired) electrons. The fourth-order valence-corrected chi connectivity index (χ4v) is 4.49. The molecule has 0 aliphatic carbocycles. The third-order valence-corrected chi connectivity index (χ3v) is 5.07. The van der Waals surface area contributed by atoms with Crippen molar-refractivity contribution in [3.63, 3.8) is 0 Å². The summed E-state index contributed by atoms with van der Waals surface area (Å²) in [6.07, 6.45) is 4.41. The fourth-order valence-electron chi connectivity index (χ4n) is 1.38. The van der Waals surface area contributed by atoms with Gasteiger partial charge >= 0.3 is 0 Å². The van der Waals surface area contributed by atoms with Crippen molar-refractivity contribution in [2.45, 2.75) is 18.2 Å². The van der Waals surface area contributed by atoms with E-state index in [9.17, 15) is 8.42 Å². The Labute approximate surface area is 124 Å². The van der Waals surface area contributed by atoms with Gasteiger partial charge in [0.1, 0.15) is 4.90 Å². The van der Waals surface area contributed by atoms with Crippen LogP contribution in [0.4, 0.5) is 5.69 Å². The van der Waals surface area contributed by atoms with Crippen molar-refractivity contribution in [1.82, 2.24) is 4.72 Å². The summed E-state index contributed by atoms with van der Waals surface area (Å²) in [5.41, 5.74) is 5.95. The van der Waals surface area contributed by atoms with Crippen LogP contribution in [0, 0.1) is 0 Å². The van der Waals surface area contributed by atoms with Gasteiger partial charge in [0.25, 0.3) is 0 Å². The molecule has 0 saturated heterocycles. The van der Waals surface area contributed by atoms with Crippen LogP contribution in [0.2, 0.25) is 0 Å². The molecule has 1 aromatic rings. The zero-order chi connectivity index (χ0) is 13.8. The fraction of sp³-hybridized carbons (Fsp3) is 0.273. The summed E-state index contributed by atoms with van der Waals surface area (Å²) in [6, 6.07) is 3.21. The molecule has 0 bridgehead atoms. The highest BCUT2D eigenvalue weighted by atomic mass is 79.9. The number of hydrogen-bond donors (Lipinski definition) is 2. The van der Waals surface area contributed by atoms with E-state index in [1.54, 1.807) is 12.1 Å². The third-order valence-electron chi connectivity index (χ3n) is 2.14. The summed E-state index contributed by atoms with van der Waals surface area (Å²) in [6.45, 7) is 2.23. The van der Waals surface area contributed by atoms with E-state index in [2.05, 4.69) is 36.6 Å². The topological polar surface area (TPSA) is 72.2 Å². The smallest absolute Gasteiger partial charge is 0.243 e. The molecular formula is C11H14Br2N2O2S. The normalized spacial score (nSPS) is 12.2. The van der Waals surface area contributed by atoms with E-state index < -0.39 is 10.0 Å². The second-order valence-corrected chi connectivity index (χ2v) is 7.04. The van der Waals surface area contributed by atoms with Crippen molar-refractivity contribution in [1.29, 1.82) is 0 Å². The molecule has 0 spiro atoms. The van der Waals surface area contributed by atoms with E-state index in [0.717, 1.165) is 4.47 Å². The van der Waals surface area contributed by atoms with E-state index in [0.29, 0.717) is 17.4 Å². The number of rotatable bonds is 5. The standard InChI is InChI=1S/C11H14Br2N2O2S/c1-2-3-4-5-15-18(16,17)11-9(13)6-8(12)7-10(11)14/h2-3,6-7,15H,4-5,14H2,1H3/b3-2+. The van der Waals surface area contributed by atoms with Crippen LogP contribution in [0.15, 0.2) is 38.1 Å². The molecule has 0 aromatic heterocycles. The van der Waals surface area contributed by atoms with Crippen LogP contribution in [-0.2, 0) is 10.0 Å². The average Bonchev–Trinajstić information content (AvgIpc) is 2.22. The van der Waals surface area contributed by atoms with E-state index in [1.165, 1.54) is 0 Å². The molecule has 1 rings (SSSR count). The predicted molar refractivity (Wildman–Crippen MR) is 80.9 cm³/mol. The number of sulfonamides is 1. The van der Waals surface area contributed by atoms with Crippen LogP contribution in [0.25, 0.3) is 0 Å². The van der Waals surface area contributed by atoms with E-state index in [-0.39, 0.29) is 10.6 Å². The predicted octanol–water partition coefficient (Wildman–Crippen LogP) is 3.04. The van der Waals surface area contributed by atoms with Crippen LogP contribution >= 0.6 is 31.9 Å². The third kappa shape index (κ3) is 4.08. The van der Waals surface area contributed by atoms with Gasteiger partial charge in [-0.25, -0.2) is 13.1 Å². The Balaban J connectivity index is 2.98. The van der Waals surface area contributed by atoms with Crippen molar-refractivity contribution >= 4 is 47.6 Å². The maximum atomic E-state index is 12.1. The monoisotopic (exact) mass is 396 g/mol. The SMILES string of the molecule is C/C=C/CCNS(=O)(=O)c1c(N)cc(Br)cc1Br. The van der Waals surface area contributed by atoms with E-state index in [4.69, 9.17) is 5.73 Å². The van der Waals surface area contributed by atoms with Gasteiger partial charge in [-0.1, -0.05) is 28.1 Å². The maximum absolute atomic E-state index is 12.1. The second kappa shape index (κ2) is 6.70. The molecule has 0 unspecified atom stereocenters. The Morgan fingerprint density at radius 2 is 2.06 bits per heavy atom. The Bertz CT molecular complexity index is 533. The van der Waals surface area contributed by atoms with Crippen molar-refractivity contribution in [2.24, 2.45) is 0 Å². The molecule has 0 atom stereocenters. The van der Waals surface area contributed by atoms with Crippen molar-refractivity contribution < 1.29 is 8.42 Å². The molecule has 1 aromatic carbocycles. The molecule has 0 saturated carbocycles. The Kier molecular flexibility index (Phi) is 5.84. The number of benzene rings is 1. The van der Waals surface area contributed by atoms with Gasteiger partial charge < -0.3 is 5.73 Å². The number of hydrogen-bond acceptors (Lipinski definition) is 3. The van der Waals surface area contributed by atoms with Gasteiger partial charge in [-0.3, -0.25) is 0 Å². The Morgan fingerprint density at radius 3 is 2.61 bits per heavy atom. The molecule has 4 nitrogen and oxygen atoms in total. The summed E-state index contributed by atoms with van der Waals surface area (Å²) < 4.78 is 27.8. The van der Waals surface area contributed by atoms with Gasteiger partial charge in [0.15, 0.2) is 0 Å². The first-order valence-corrected chi connectivity index (χ1v) is 8.30. The maximum Gasteiger partial charge on any atom is 0.243 e. The van der Waals surface area contributed by atoms with Crippen LogP contribution in [-0.4, -0.2) is 15.0 Å². The molecule has 0 amide bonds. The highest BCUT2D eigenvalue weighted by molar-refractivity contribution is 9.11. The molecule has 100 valence electrons. The number of nitrogens with two attached hydrogens (primary N) is 1. The van der Waals surface area contributed by atoms with Gasteiger partial charge in [-0.2, -0.15) is 0 Å². The molecule has 0 heterocycles. The van der Waals surface area contributed by atoms with Crippen molar-refractivity contribution in [3.05, 3.63) is 33.2 Å². The molecule has 0 fully saturated rings. The van der Waals surface area contributed by atoms with Crippen LogP contribution in [0.3, 0.4) is 0 Å². The molecule has 3 N–H and O–H groups in total. The molecule has 18 heavy (non-hydrogen) atoms. The van der Waals surface area contributed by atoms with Gasteiger partial charge in [0.05, 0.1) is 5.69 Å². The van der Waals surface area contributed by atoms with Gasteiger partial charge in [0.2, 0.25) is 10.0 Å². The summed E-state index contributed by atoms with van der Waals surface area (Å²) >= 11 is 6.47. The molecular weight excluding hydrogens is 384 g/mol. The van der Waals surface area contributed by atoms with Crippen LogP contribution in [0.1, 0.15) is 13.3 Å². The number of allylic oxidation sites excluding steroid dienone is 1. The first-order valence-electron chi connectivity index (χ1n) is 5.24. The lowest BCUT2D eigenvalue weighted by Crippen LogP contribution is -2.25. The highest BCUT2D eigenvalue weighted by Crippen LogP contribution is 2.31. The minimum Gasteiger partial charge on any atom is -0.398 e. The minimum atomic E-state index is -3.60. The summed E-state index contributed by atoms with van der Waals surface area (Å²) in [4.78, 5) is 0.0752. The summed E-state index contributed by atoms with van der Waals surface area (Å²) in [7, 11) is -3.60. The quantitative estimate of drug-likeness (QED) is 0.455. The van der Waals surface area contributed by atoms with Gasteiger partial charge in [-0.15, -0.1) is 0 Å². The number of halogens is 2. The number of nitrogen functional groups attached to an aromatic ring is 1. The van der Waals surface area contributed by atoms with Crippen LogP contribution in [0.5, 0.6) is 0 Å². The lowest BCUT2D eigenvalue weighted by atomic mass is 10.3. The number of nitrogens with one attached hydrogen (secondary N) is 1. The largest absolute Gasteiger partial charge is 0.398 e. The van der Waals surface area contributed by atoms with Gasteiger partial charge in [0, 0.05) is 15.5 Å². The molecule has 7 heteroatoms. The zero-order valence-electron chi connectivity index (χ0n) is 9.78. The minimum absolute atomic E-state index is 0.0752. The highest BCUT2D eigenvalue weighted by Gasteiger charge is 2.20. The lowest BCUT2D eigenvalue weighted by molar-refractivity contribution is 0.582. The first-order chi connectivity index (χ1) is 8.38. The first kappa shape index (κ1) is 15.7. The average molecular weight is 398 g/mol. The summed E-state index contributed by atoms with van der Waals surface area (Å²) in [5, 5.41) is 0. The van der Waals surface area contributed by atoms with Gasteiger partial charge in [-0.05, 0) is 41.4 Å². The Hall–Kier alpha value is -0.370. The summed E-state index contributed by atoms with van der Waals surface area (Å²) in [5.74, 6) is 0. The van der Waals surface area contributed by atoms with Crippen molar-refractivity contribution in [3.8, 4) is 0 Å². The zero-order valence-corrected chi connectivity index (χ0v) is 13.8. The van der Waals surface area contributed by atoms with E-state index >= 15 is 0 Å². The van der Waals surface area contributed by atoms with Crippen LogP contribution < -0.4 is 10.5 Å². The second-order valence-electron chi connectivity index (χ2n) is 3.56. The van der Waals surface area contributed by atoms with E-state index in [1.807, 2.05) is 19.1 Å². The molecule has 0 aliphatic heterocycles. The molecule has 0 aliphatic rings. The lowest BCUT2D eigenvalue weighted by Gasteiger charge is -2.11. The Morgan fingerprint density at radius 1 is 1.39 bits per heavy atom. The number of anilines is 1.